The number of H-pyrrole nitrogens is 1. The molecule has 7 heteroatoms. The van der Waals surface area contributed by atoms with Crippen molar-refractivity contribution >= 4 is 23.2 Å². The van der Waals surface area contributed by atoms with Crippen molar-refractivity contribution in [3.63, 3.8) is 0 Å². The first kappa shape index (κ1) is 15.5. The Bertz CT molecular complexity index is 726. The Morgan fingerprint density at radius 1 is 1.23 bits per heavy atom. The first-order valence-corrected chi connectivity index (χ1v) is 7.90. The summed E-state index contributed by atoms with van der Waals surface area (Å²) in [5.74, 6) is 0.745. The molecule has 0 bridgehead atoms. The molecule has 0 spiro atoms. The summed E-state index contributed by atoms with van der Waals surface area (Å²) >= 11 is 11.9. The number of likely N-dealkylation sites (tertiary alicyclic amines) is 1. The molecule has 0 aromatic carbocycles. The van der Waals surface area contributed by atoms with Crippen molar-refractivity contribution in [3.8, 4) is 11.4 Å². The first-order chi connectivity index (χ1) is 10.5. The van der Waals surface area contributed by atoms with E-state index >= 15 is 0 Å². The van der Waals surface area contributed by atoms with E-state index in [0.717, 1.165) is 31.6 Å². The highest BCUT2D eigenvalue weighted by atomic mass is 35.5. The van der Waals surface area contributed by atoms with Gasteiger partial charge in [0.1, 0.15) is 16.1 Å². The molecular weight excluding hydrogens is 323 g/mol. The molecule has 0 saturated carbocycles. The van der Waals surface area contributed by atoms with Gasteiger partial charge in [0.2, 0.25) is 0 Å². The van der Waals surface area contributed by atoms with Crippen molar-refractivity contribution < 1.29 is 0 Å². The predicted molar refractivity (Wildman–Crippen MR) is 87.6 cm³/mol. The maximum Gasteiger partial charge on any atom is 0.251 e. The molecule has 116 valence electrons. The average molecular weight is 339 g/mol. The number of hydrogen-bond donors (Lipinski definition) is 1. The zero-order chi connectivity index (χ0) is 15.7. The lowest BCUT2D eigenvalue weighted by atomic mass is 9.95. The number of hydrogen-bond acceptors (Lipinski definition) is 4. The molecule has 1 N–H and O–H groups in total. The molecule has 0 amide bonds. The van der Waals surface area contributed by atoms with Gasteiger partial charge in [0.15, 0.2) is 0 Å². The van der Waals surface area contributed by atoms with Crippen LogP contribution in [0.25, 0.3) is 11.4 Å². The molecule has 1 saturated heterocycles. The van der Waals surface area contributed by atoms with Crippen LogP contribution in [0.4, 0.5) is 0 Å². The van der Waals surface area contributed by atoms with Crippen LogP contribution in [-0.4, -0.2) is 40.0 Å². The van der Waals surface area contributed by atoms with Crippen LogP contribution in [0.5, 0.6) is 0 Å². The Kier molecular flexibility index (Phi) is 4.47. The Hall–Kier alpha value is -1.43. The van der Waals surface area contributed by atoms with Gasteiger partial charge in [-0.25, -0.2) is 9.97 Å². The first-order valence-electron chi connectivity index (χ1n) is 7.14. The Morgan fingerprint density at radius 2 is 1.95 bits per heavy atom. The van der Waals surface area contributed by atoms with Crippen molar-refractivity contribution in [3.05, 3.63) is 44.6 Å². The Balaban J connectivity index is 2.01. The van der Waals surface area contributed by atoms with E-state index in [1.807, 2.05) is 0 Å². The van der Waals surface area contributed by atoms with Gasteiger partial charge in [0, 0.05) is 24.1 Å². The van der Waals surface area contributed by atoms with Crippen LogP contribution >= 0.6 is 23.2 Å². The summed E-state index contributed by atoms with van der Waals surface area (Å²) in [7, 11) is 2.09. The summed E-state index contributed by atoms with van der Waals surface area (Å²) in [5.41, 5.74) is 1.31. The number of halogens is 2. The van der Waals surface area contributed by atoms with Crippen molar-refractivity contribution in [1.82, 2.24) is 19.9 Å². The smallest absolute Gasteiger partial charge is 0.251 e. The molecule has 0 aliphatic carbocycles. The van der Waals surface area contributed by atoms with Crippen molar-refractivity contribution in [2.75, 3.05) is 20.1 Å². The molecule has 1 aliphatic rings. The van der Waals surface area contributed by atoms with Crippen LogP contribution in [0.1, 0.15) is 24.5 Å². The Morgan fingerprint density at radius 3 is 2.64 bits per heavy atom. The van der Waals surface area contributed by atoms with Crippen molar-refractivity contribution in [2.24, 2.45) is 0 Å². The lowest BCUT2D eigenvalue weighted by molar-refractivity contribution is 0.248. The highest BCUT2D eigenvalue weighted by Gasteiger charge is 2.21. The van der Waals surface area contributed by atoms with Crippen molar-refractivity contribution in [2.45, 2.75) is 18.8 Å². The molecule has 2 aromatic rings. The van der Waals surface area contributed by atoms with Gasteiger partial charge in [-0.1, -0.05) is 23.2 Å². The fourth-order valence-electron chi connectivity index (χ4n) is 2.83. The standard InChI is InChI=1S/C15H16Cl2N4O/c1-21-4-2-3-9(8-21)11-7-14(22)20-15(18-11)10-5-12(16)19-13(17)6-10/h5-7,9H,2-4,8H2,1H3,(H,18,20,22)/t9-/m1/s1. The molecule has 22 heavy (non-hydrogen) atoms. The molecular formula is C15H16Cl2N4O. The number of aromatic nitrogens is 3. The molecule has 5 nitrogen and oxygen atoms in total. The zero-order valence-electron chi connectivity index (χ0n) is 12.1. The van der Waals surface area contributed by atoms with E-state index in [2.05, 4.69) is 26.9 Å². The van der Waals surface area contributed by atoms with Gasteiger partial charge < -0.3 is 9.88 Å². The number of nitrogens with zero attached hydrogens (tertiary/aromatic N) is 3. The number of likely N-dealkylation sites (N-methyl/N-ethyl adjacent to an activating group) is 1. The summed E-state index contributed by atoms with van der Waals surface area (Å²) in [4.78, 5) is 25.5. The second-order valence-electron chi connectivity index (χ2n) is 5.62. The zero-order valence-corrected chi connectivity index (χ0v) is 13.7. The van der Waals surface area contributed by atoms with E-state index < -0.39 is 0 Å². The van der Waals surface area contributed by atoms with E-state index in [-0.39, 0.29) is 21.8 Å². The average Bonchev–Trinajstić information content (AvgIpc) is 2.45. The maximum absolute atomic E-state index is 12.0. The molecule has 1 aliphatic heterocycles. The maximum atomic E-state index is 12.0. The second-order valence-corrected chi connectivity index (χ2v) is 6.40. The van der Waals surface area contributed by atoms with Crippen LogP contribution in [0.3, 0.4) is 0 Å². The van der Waals surface area contributed by atoms with Crippen molar-refractivity contribution in [1.29, 1.82) is 0 Å². The van der Waals surface area contributed by atoms with E-state index in [1.165, 1.54) is 0 Å². The largest absolute Gasteiger partial charge is 0.307 e. The summed E-state index contributed by atoms with van der Waals surface area (Å²) in [6, 6.07) is 4.86. The highest BCUT2D eigenvalue weighted by molar-refractivity contribution is 6.32. The van der Waals surface area contributed by atoms with Gasteiger partial charge in [-0.2, -0.15) is 0 Å². The lowest BCUT2D eigenvalue weighted by Gasteiger charge is -2.29. The van der Waals surface area contributed by atoms with Crippen LogP contribution in [0.2, 0.25) is 10.3 Å². The molecule has 3 rings (SSSR count). The summed E-state index contributed by atoms with van der Waals surface area (Å²) < 4.78 is 0. The van der Waals surface area contributed by atoms with Gasteiger partial charge >= 0.3 is 0 Å². The molecule has 0 radical (unpaired) electrons. The van der Waals surface area contributed by atoms with Gasteiger partial charge in [0.05, 0.1) is 5.69 Å². The van der Waals surface area contributed by atoms with E-state index in [4.69, 9.17) is 23.2 Å². The minimum atomic E-state index is -0.169. The highest BCUT2D eigenvalue weighted by Crippen LogP contribution is 2.26. The van der Waals surface area contributed by atoms with Crippen LogP contribution in [0, 0.1) is 0 Å². The normalized spacial score (nSPS) is 19.3. The number of piperidine rings is 1. The van der Waals surface area contributed by atoms with E-state index in [9.17, 15) is 4.79 Å². The molecule has 1 atom stereocenters. The van der Waals surface area contributed by atoms with Crippen LogP contribution in [-0.2, 0) is 0 Å². The van der Waals surface area contributed by atoms with E-state index in [1.54, 1.807) is 18.2 Å². The van der Waals surface area contributed by atoms with Gasteiger partial charge in [-0.3, -0.25) is 4.79 Å². The molecule has 0 unspecified atom stereocenters. The summed E-state index contributed by atoms with van der Waals surface area (Å²) in [5, 5.41) is 0.543. The summed E-state index contributed by atoms with van der Waals surface area (Å²) in [6.07, 6.45) is 2.15. The number of rotatable bonds is 2. The number of aromatic amines is 1. The lowest BCUT2D eigenvalue weighted by Crippen LogP contribution is -2.31. The third kappa shape index (κ3) is 3.48. The quantitative estimate of drug-likeness (QED) is 0.855. The minimum absolute atomic E-state index is 0.169. The topological polar surface area (TPSA) is 61.9 Å². The fraction of sp³-hybridized carbons (Fsp3) is 0.400. The van der Waals surface area contributed by atoms with Gasteiger partial charge in [-0.05, 0) is 38.6 Å². The fourth-order valence-corrected chi connectivity index (χ4v) is 3.29. The van der Waals surface area contributed by atoms with Crippen LogP contribution in [0.15, 0.2) is 23.0 Å². The second kappa shape index (κ2) is 6.36. The third-order valence-electron chi connectivity index (χ3n) is 3.84. The number of nitrogens with one attached hydrogen (secondary N) is 1. The third-order valence-corrected chi connectivity index (χ3v) is 4.23. The Labute approximate surface area is 138 Å². The SMILES string of the molecule is CN1CCC[C@@H](c2cc(=O)[nH]c(-c3cc(Cl)nc(Cl)c3)n2)C1. The molecule has 2 aromatic heterocycles. The molecule has 3 heterocycles. The summed E-state index contributed by atoms with van der Waals surface area (Å²) in [6.45, 7) is 2.00. The monoisotopic (exact) mass is 338 g/mol. The van der Waals surface area contributed by atoms with E-state index in [0.29, 0.717) is 11.4 Å². The number of pyridine rings is 1. The molecule has 1 fully saturated rings. The van der Waals surface area contributed by atoms with Gasteiger partial charge in [-0.15, -0.1) is 0 Å². The minimum Gasteiger partial charge on any atom is -0.307 e. The van der Waals surface area contributed by atoms with Gasteiger partial charge in [0.25, 0.3) is 5.56 Å². The predicted octanol–water partition coefficient (Wildman–Crippen LogP) is 2.95. The van der Waals surface area contributed by atoms with Crippen LogP contribution < -0.4 is 5.56 Å².